The fraction of sp³-hybridized carbons (Fsp3) is 0.600. The number of carboxylic acids is 1. The minimum absolute atomic E-state index is 0.238. The summed E-state index contributed by atoms with van der Waals surface area (Å²) in [5.74, 6) is -1.13. The summed E-state index contributed by atoms with van der Waals surface area (Å²) in [6, 6.07) is 8.98. The molecule has 160 valence electrons. The first-order chi connectivity index (χ1) is 13.7. The maximum atomic E-state index is 12.0. The average Bonchev–Trinajstić information content (AvgIpc) is 3.10. The van der Waals surface area contributed by atoms with E-state index in [4.69, 9.17) is 4.74 Å². The van der Waals surface area contributed by atoms with Gasteiger partial charge in [0.2, 0.25) is 0 Å². The van der Waals surface area contributed by atoms with Gasteiger partial charge >= 0.3 is 5.97 Å². The van der Waals surface area contributed by atoms with Crippen molar-refractivity contribution in [1.82, 2.24) is 20.2 Å². The van der Waals surface area contributed by atoms with Crippen molar-refractivity contribution in [3.63, 3.8) is 0 Å². The summed E-state index contributed by atoms with van der Waals surface area (Å²) in [6.07, 6.45) is 1.90. The molecule has 0 saturated carbocycles. The summed E-state index contributed by atoms with van der Waals surface area (Å²) in [5.41, 5.74) is 1.05. The first-order valence-electron chi connectivity index (χ1n) is 10.0. The Morgan fingerprint density at radius 1 is 1.28 bits per heavy atom. The zero-order valence-corrected chi connectivity index (χ0v) is 20.2. The average molecular weight is 483 g/mol. The molecule has 0 radical (unpaired) electrons. The maximum Gasteiger partial charge on any atom is 0.307 e. The number of hydrogen-bond donors (Lipinski definition) is 1. The summed E-state index contributed by atoms with van der Waals surface area (Å²) in [4.78, 5) is 12.0. The van der Waals surface area contributed by atoms with Crippen molar-refractivity contribution in [2.24, 2.45) is 5.92 Å². The van der Waals surface area contributed by atoms with E-state index in [0.29, 0.717) is 25.3 Å². The number of hydrogen-bond acceptors (Lipinski definition) is 5. The molecule has 1 unspecified atom stereocenters. The highest BCUT2D eigenvalue weighted by atomic mass is 79.9. The number of carboxylic acid groups (broad SMARTS) is 1. The summed E-state index contributed by atoms with van der Waals surface area (Å²) >= 11 is 3.44. The number of rotatable bonds is 12. The molecule has 0 bridgehead atoms. The van der Waals surface area contributed by atoms with Gasteiger partial charge in [-0.25, -0.2) is 4.68 Å². The van der Waals surface area contributed by atoms with Crippen molar-refractivity contribution in [3.8, 4) is 0 Å². The van der Waals surface area contributed by atoms with Gasteiger partial charge in [0.15, 0.2) is 5.82 Å². The number of aromatic nitrogens is 4. The molecule has 1 N–H and O–H groups in total. The molecule has 1 aromatic carbocycles. The number of ether oxygens (including phenoxy) is 1. The van der Waals surface area contributed by atoms with Crippen molar-refractivity contribution >= 4 is 30.0 Å². The van der Waals surface area contributed by atoms with Crippen LogP contribution in [0.4, 0.5) is 0 Å². The molecule has 2 atom stereocenters. The van der Waals surface area contributed by atoms with Gasteiger partial charge in [0.1, 0.15) is 6.73 Å². The van der Waals surface area contributed by atoms with Gasteiger partial charge in [0, 0.05) is 25.1 Å². The lowest BCUT2D eigenvalue weighted by atomic mass is 9.83. The molecule has 2 rings (SSSR count). The fourth-order valence-corrected chi connectivity index (χ4v) is 4.22. The second-order valence-electron chi connectivity index (χ2n) is 8.56. The Hall–Kier alpha value is -1.58. The summed E-state index contributed by atoms with van der Waals surface area (Å²) in [5, 5.41) is 22.0. The van der Waals surface area contributed by atoms with E-state index in [2.05, 4.69) is 51.1 Å². The second-order valence-corrected chi connectivity index (χ2v) is 15.1. The van der Waals surface area contributed by atoms with Crippen molar-refractivity contribution < 1.29 is 14.6 Å². The van der Waals surface area contributed by atoms with E-state index < -0.39 is 20.0 Å². The van der Waals surface area contributed by atoms with Gasteiger partial charge in [-0.3, -0.25) is 4.79 Å². The van der Waals surface area contributed by atoms with Crippen molar-refractivity contribution in [2.45, 2.75) is 64.5 Å². The predicted molar refractivity (Wildman–Crippen MR) is 119 cm³/mol. The Labute approximate surface area is 182 Å². The number of halogens is 1. The molecule has 0 aliphatic carbocycles. The molecule has 0 spiro atoms. The highest BCUT2D eigenvalue weighted by Gasteiger charge is 2.33. The number of nitrogens with zero attached hydrogens (tertiary/aromatic N) is 4. The molecule has 0 saturated heterocycles. The van der Waals surface area contributed by atoms with Crippen LogP contribution in [0.2, 0.25) is 25.7 Å². The van der Waals surface area contributed by atoms with Crippen LogP contribution in [0.5, 0.6) is 0 Å². The molecule has 0 aliphatic rings. The topological polar surface area (TPSA) is 90.1 Å². The Bertz CT molecular complexity index is 777. The van der Waals surface area contributed by atoms with Crippen LogP contribution in [-0.4, -0.2) is 46.0 Å². The molecule has 1 aromatic heterocycles. The third kappa shape index (κ3) is 7.64. The van der Waals surface area contributed by atoms with Crippen LogP contribution < -0.4 is 0 Å². The quantitative estimate of drug-likeness (QED) is 0.351. The SMILES string of the molecule is CCCC(C(=O)O)[C@H](Cc1ccc(Br)cc1)c1nnnn1COCC[Si](C)(C)C. The van der Waals surface area contributed by atoms with Gasteiger partial charge in [-0.1, -0.05) is 61.0 Å². The normalized spacial score (nSPS) is 14.0. The molecule has 0 aliphatic heterocycles. The van der Waals surface area contributed by atoms with Gasteiger partial charge in [-0.2, -0.15) is 0 Å². The lowest BCUT2D eigenvalue weighted by Crippen LogP contribution is -2.27. The summed E-state index contributed by atoms with van der Waals surface area (Å²) in [7, 11) is -1.18. The molecule has 1 heterocycles. The summed E-state index contributed by atoms with van der Waals surface area (Å²) < 4.78 is 8.41. The van der Waals surface area contributed by atoms with Crippen LogP contribution in [0, 0.1) is 5.92 Å². The standard InChI is InChI=1S/C20H31BrN4O3Si/c1-5-6-17(20(26)27)18(13-15-7-9-16(21)10-8-15)19-22-23-24-25(19)14-28-11-12-29(2,3)4/h7-10,17-18H,5-6,11-14H2,1-4H3,(H,26,27)/t17?,18-/m0/s1. The van der Waals surface area contributed by atoms with Crippen LogP contribution in [0.1, 0.15) is 37.1 Å². The van der Waals surface area contributed by atoms with Gasteiger partial charge in [-0.05, 0) is 47.0 Å². The van der Waals surface area contributed by atoms with Crippen molar-refractivity contribution in [1.29, 1.82) is 0 Å². The Kier molecular flexibility index (Phi) is 8.97. The van der Waals surface area contributed by atoms with E-state index in [1.54, 1.807) is 4.68 Å². The third-order valence-electron chi connectivity index (χ3n) is 4.87. The van der Waals surface area contributed by atoms with Crippen LogP contribution in [0.15, 0.2) is 28.7 Å². The predicted octanol–water partition coefficient (Wildman–Crippen LogP) is 4.58. The van der Waals surface area contributed by atoms with Crippen molar-refractivity contribution in [3.05, 3.63) is 40.1 Å². The molecule has 9 heteroatoms. The largest absolute Gasteiger partial charge is 0.481 e. The van der Waals surface area contributed by atoms with Gasteiger partial charge < -0.3 is 9.84 Å². The van der Waals surface area contributed by atoms with E-state index in [-0.39, 0.29) is 12.6 Å². The van der Waals surface area contributed by atoms with E-state index >= 15 is 0 Å². The van der Waals surface area contributed by atoms with Crippen LogP contribution in [-0.2, 0) is 22.7 Å². The molecular weight excluding hydrogens is 452 g/mol. The monoisotopic (exact) mass is 482 g/mol. The minimum Gasteiger partial charge on any atom is -0.481 e. The minimum atomic E-state index is -1.18. The number of benzene rings is 1. The molecular formula is C20H31BrN4O3Si. The van der Waals surface area contributed by atoms with Crippen LogP contribution in [0.25, 0.3) is 0 Å². The first-order valence-corrected chi connectivity index (χ1v) is 14.5. The fourth-order valence-electron chi connectivity index (χ4n) is 3.19. The lowest BCUT2D eigenvalue weighted by Gasteiger charge is -2.23. The number of aliphatic carboxylic acids is 1. The highest BCUT2D eigenvalue weighted by Crippen LogP contribution is 2.31. The van der Waals surface area contributed by atoms with E-state index in [0.717, 1.165) is 22.5 Å². The Morgan fingerprint density at radius 3 is 2.55 bits per heavy atom. The molecule has 2 aromatic rings. The first kappa shape index (κ1) is 23.7. The highest BCUT2D eigenvalue weighted by molar-refractivity contribution is 9.10. The molecule has 0 amide bonds. The maximum absolute atomic E-state index is 12.0. The zero-order chi connectivity index (χ0) is 21.4. The van der Waals surface area contributed by atoms with Crippen molar-refractivity contribution in [2.75, 3.05) is 6.61 Å². The number of tetrazole rings is 1. The van der Waals surface area contributed by atoms with Crippen LogP contribution >= 0.6 is 15.9 Å². The van der Waals surface area contributed by atoms with Gasteiger partial charge in [0.05, 0.1) is 5.92 Å². The molecule has 7 nitrogen and oxygen atoms in total. The summed E-state index contributed by atoms with van der Waals surface area (Å²) in [6.45, 7) is 9.79. The van der Waals surface area contributed by atoms with Crippen LogP contribution in [0.3, 0.4) is 0 Å². The lowest BCUT2D eigenvalue weighted by molar-refractivity contribution is -0.143. The van der Waals surface area contributed by atoms with E-state index in [9.17, 15) is 9.90 Å². The second kappa shape index (κ2) is 11.0. The van der Waals surface area contributed by atoms with Gasteiger partial charge in [0.25, 0.3) is 0 Å². The van der Waals surface area contributed by atoms with E-state index in [1.807, 2.05) is 31.2 Å². The zero-order valence-electron chi connectivity index (χ0n) is 17.6. The molecule has 29 heavy (non-hydrogen) atoms. The Morgan fingerprint density at radius 2 is 1.97 bits per heavy atom. The van der Waals surface area contributed by atoms with Gasteiger partial charge in [-0.15, -0.1) is 5.10 Å². The van der Waals surface area contributed by atoms with E-state index in [1.165, 1.54) is 0 Å². The molecule has 0 fully saturated rings. The Balaban J connectivity index is 2.23. The third-order valence-corrected chi connectivity index (χ3v) is 7.11. The number of carbonyl (C=O) groups is 1. The smallest absolute Gasteiger partial charge is 0.307 e.